The van der Waals surface area contributed by atoms with Crippen molar-refractivity contribution in [2.24, 2.45) is 0 Å². The SMILES string of the molecule is CCCNc1nc(NCCC)nc(N(C)OCc2ccccc2)n1. The van der Waals surface area contributed by atoms with E-state index in [0.29, 0.717) is 24.5 Å². The van der Waals surface area contributed by atoms with E-state index in [-0.39, 0.29) is 0 Å². The first-order valence-electron chi connectivity index (χ1n) is 8.37. The molecule has 0 bridgehead atoms. The van der Waals surface area contributed by atoms with Gasteiger partial charge < -0.3 is 10.6 Å². The standard InChI is InChI=1S/C17H26N6O/c1-4-11-18-15-20-16(19-12-5-2)22-17(21-15)23(3)24-13-14-9-7-6-8-10-14/h6-10H,4-5,11-13H2,1-3H3,(H2,18,19,20,21,22). The fourth-order valence-corrected chi connectivity index (χ4v) is 1.94. The number of nitrogens with zero attached hydrogens (tertiary/aromatic N) is 4. The lowest BCUT2D eigenvalue weighted by Gasteiger charge is -2.18. The van der Waals surface area contributed by atoms with Crippen molar-refractivity contribution < 1.29 is 4.84 Å². The molecule has 0 saturated heterocycles. The average molecular weight is 330 g/mol. The Hall–Kier alpha value is -2.41. The van der Waals surface area contributed by atoms with Gasteiger partial charge in [0.1, 0.15) is 6.61 Å². The van der Waals surface area contributed by atoms with E-state index in [9.17, 15) is 0 Å². The van der Waals surface area contributed by atoms with Crippen molar-refractivity contribution in [3.8, 4) is 0 Å². The Morgan fingerprint density at radius 2 is 1.50 bits per heavy atom. The average Bonchev–Trinajstić information content (AvgIpc) is 2.63. The van der Waals surface area contributed by atoms with Crippen molar-refractivity contribution in [2.75, 3.05) is 35.8 Å². The molecule has 0 atom stereocenters. The zero-order chi connectivity index (χ0) is 17.2. The highest BCUT2D eigenvalue weighted by molar-refractivity contribution is 5.42. The molecule has 0 radical (unpaired) electrons. The zero-order valence-electron chi connectivity index (χ0n) is 14.6. The minimum absolute atomic E-state index is 0.457. The molecule has 0 unspecified atom stereocenters. The van der Waals surface area contributed by atoms with Crippen LogP contribution in [0, 0.1) is 0 Å². The summed E-state index contributed by atoms with van der Waals surface area (Å²) >= 11 is 0. The second kappa shape index (κ2) is 9.67. The Labute approximate surface area is 143 Å². The van der Waals surface area contributed by atoms with Crippen molar-refractivity contribution in [1.29, 1.82) is 0 Å². The third-order valence-electron chi connectivity index (χ3n) is 3.24. The van der Waals surface area contributed by atoms with Gasteiger partial charge in [-0.3, -0.25) is 4.84 Å². The van der Waals surface area contributed by atoms with Gasteiger partial charge in [0.2, 0.25) is 11.9 Å². The molecule has 0 aliphatic heterocycles. The second-order valence-electron chi connectivity index (χ2n) is 5.39. The van der Waals surface area contributed by atoms with Crippen LogP contribution in [0.2, 0.25) is 0 Å². The third-order valence-corrected chi connectivity index (χ3v) is 3.24. The van der Waals surface area contributed by atoms with Gasteiger partial charge in [-0.15, -0.1) is 0 Å². The van der Waals surface area contributed by atoms with Crippen LogP contribution >= 0.6 is 0 Å². The number of hydrogen-bond donors (Lipinski definition) is 2. The van der Waals surface area contributed by atoms with Crippen molar-refractivity contribution >= 4 is 17.8 Å². The van der Waals surface area contributed by atoms with E-state index < -0.39 is 0 Å². The van der Waals surface area contributed by atoms with E-state index in [4.69, 9.17) is 4.84 Å². The monoisotopic (exact) mass is 330 g/mol. The summed E-state index contributed by atoms with van der Waals surface area (Å²) in [6, 6.07) is 9.99. The molecule has 0 spiro atoms. The first-order chi connectivity index (χ1) is 11.7. The Bertz CT molecular complexity index is 581. The van der Waals surface area contributed by atoms with Gasteiger partial charge in [-0.1, -0.05) is 44.2 Å². The minimum Gasteiger partial charge on any atom is -0.354 e. The summed E-state index contributed by atoms with van der Waals surface area (Å²) in [7, 11) is 1.80. The fourth-order valence-electron chi connectivity index (χ4n) is 1.94. The molecule has 2 rings (SSSR count). The van der Waals surface area contributed by atoms with Gasteiger partial charge in [0.15, 0.2) is 0 Å². The van der Waals surface area contributed by atoms with Crippen LogP contribution in [0.5, 0.6) is 0 Å². The van der Waals surface area contributed by atoms with E-state index in [0.717, 1.165) is 31.5 Å². The highest BCUT2D eigenvalue weighted by Gasteiger charge is 2.11. The zero-order valence-corrected chi connectivity index (χ0v) is 14.6. The van der Waals surface area contributed by atoms with Crippen LogP contribution in [0.1, 0.15) is 32.3 Å². The van der Waals surface area contributed by atoms with Crippen LogP contribution in [-0.2, 0) is 11.4 Å². The molecule has 7 nitrogen and oxygen atoms in total. The molecule has 0 saturated carbocycles. The van der Waals surface area contributed by atoms with E-state index in [1.807, 2.05) is 30.3 Å². The fraction of sp³-hybridized carbons (Fsp3) is 0.471. The molecule has 2 aromatic rings. The number of nitrogens with one attached hydrogen (secondary N) is 2. The number of benzene rings is 1. The third kappa shape index (κ3) is 5.66. The maximum absolute atomic E-state index is 5.76. The van der Waals surface area contributed by atoms with Crippen LogP contribution < -0.4 is 15.7 Å². The number of aromatic nitrogens is 3. The Kier molecular flexibility index (Phi) is 7.22. The smallest absolute Gasteiger partial charge is 0.256 e. The topological polar surface area (TPSA) is 75.2 Å². The van der Waals surface area contributed by atoms with E-state index >= 15 is 0 Å². The minimum atomic E-state index is 0.457. The van der Waals surface area contributed by atoms with Crippen molar-refractivity contribution in [3.05, 3.63) is 35.9 Å². The number of hydroxylamine groups is 1. The molecule has 1 aromatic carbocycles. The first kappa shape index (κ1) is 17.9. The molecule has 1 aromatic heterocycles. The molecule has 0 amide bonds. The number of rotatable bonds is 10. The predicted molar refractivity (Wildman–Crippen MR) is 97.0 cm³/mol. The van der Waals surface area contributed by atoms with Crippen LogP contribution in [0.4, 0.5) is 17.8 Å². The Morgan fingerprint density at radius 1 is 0.917 bits per heavy atom. The quantitative estimate of drug-likeness (QED) is 0.648. The molecular formula is C17H26N6O. The molecule has 24 heavy (non-hydrogen) atoms. The highest BCUT2D eigenvalue weighted by atomic mass is 16.7. The second-order valence-corrected chi connectivity index (χ2v) is 5.39. The van der Waals surface area contributed by atoms with E-state index in [1.54, 1.807) is 12.1 Å². The van der Waals surface area contributed by atoms with E-state index in [2.05, 4.69) is 39.4 Å². The molecule has 7 heteroatoms. The Morgan fingerprint density at radius 3 is 2.04 bits per heavy atom. The molecule has 1 heterocycles. The van der Waals surface area contributed by atoms with Crippen LogP contribution in [0.15, 0.2) is 30.3 Å². The molecule has 0 aliphatic rings. The molecule has 0 fully saturated rings. The van der Waals surface area contributed by atoms with E-state index in [1.165, 1.54) is 0 Å². The van der Waals surface area contributed by atoms with Crippen LogP contribution in [0.25, 0.3) is 0 Å². The van der Waals surface area contributed by atoms with Gasteiger partial charge in [-0.2, -0.15) is 15.0 Å². The Balaban J connectivity index is 2.07. The summed E-state index contributed by atoms with van der Waals surface area (Å²) in [5.74, 6) is 1.57. The maximum Gasteiger partial charge on any atom is 0.256 e. The summed E-state index contributed by atoms with van der Waals surface area (Å²) in [5.41, 5.74) is 1.09. The summed E-state index contributed by atoms with van der Waals surface area (Å²) < 4.78 is 0. The van der Waals surface area contributed by atoms with Gasteiger partial charge in [-0.25, -0.2) is 5.06 Å². The van der Waals surface area contributed by atoms with Gasteiger partial charge in [0, 0.05) is 20.1 Å². The van der Waals surface area contributed by atoms with Crippen LogP contribution in [-0.4, -0.2) is 35.1 Å². The normalized spacial score (nSPS) is 10.5. The van der Waals surface area contributed by atoms with Crippen LogP contribution in [0.3, 0.4) is 0 Å². The molecule has 2 N–H and O–H groups in total. The van der Waals surface area contributed by atoms with Crippen molar-refractivity contribution in [3.63, 3.8) is 0 Å². The summed E-state index contributed by atoms with van der Waals surface area (Å²) in [6.45, 7) is 6.27. The summed E-state index contributed by atoms with van der Waals surface area (Å²) in [6.07, 6.45) is 2.00. The highest BCUT2D eigenvalue weighted by Crippen LogP contribution is 2.14. The molecule has 0 aliphatic carbocycles. The lowest BCUT2D eigenvalue weighted by molar-refractivity contribution is 0.104. The van der Waals surface area contributed by atoms with Gasteiger partial charge in [0.25, 0.3) is 5.95 Å². The van der Waals surface area contributed by atoms with Gasteiger partial charge in [-0.05, 0) is 18.4 Å². The number of anilines is 3. The van der Waals surface area contributed by atoms with Gasteiger partial charge in [0.05, 0.1) is 0 Å². The summed E-state index contributed by atoms with van der Waals surface area (Å²) in [5, 5.41) is 7.96. The predicted octanol–water partition coefficient (Wildman–Crippen LogP) is 3.08. The lowest BCUT2D eigenvalue weighted by atomic mass is 10.2. The molecular weight excluding hydrogens is 304 g/mol. The summed E-state index contributed by atoms with van der Waals surface area (Å²) in [4.78, 5) is 19.0. The van der Waals surface area contributed by atoms with Crippen molar-refractivity contribution in [2.45, 2.75) is 33.3 Å². The maximum atomic E-state index is 5.76. The van der Waals surface area contributed by atoms with Gasteiger partial charge >= 0.3 is 0 Å². The lowest BCUT2D eigenvalue weighted by Crippen LogP contribution is -2.22. The van der Waals surface area contributed by atoms with Crippen molar-refractivity contribution in [1.82, 2.24) is 15.0 Å². The first-order valence-corrected chi connectivity index (χ1v) is 8.37. The number of hydrogen-bond acceptors (Lipinski definition) is 7. The molecule has 130 valence electrons. The largest absolute Gasteiger partial charge is 0.354 e.